The van der Waals surface area contributed by atoms with Crippen molar-refractivity contribution in [2.24, 2.45) is 0 Å². The Kier molecular flexibility index (Phi) is 5.83. The van der Waals surface area contributed by atoms with Crippen LogP contribution in [0.1, 0.15) is 43.5 Å². The fraction of sp³-hybridized carbons (Fsp3) is 0.727. The number of rotatable bonds is 7. The molecule has 0 bridgehead atoms. The number of nitrogens with zero attached hydrogens (tertiary/aromatic N) is 1. The third-order valence-corrected chi connectivity index (χ3v) is 3.22. The van der Waals surface area contributed by atoms with Crippen LogP contribution in [0.4, 0.5) is 0 Å². The highest BCUT2D eigenvalue weighted by molar-refractivity contribution is 7.09. The third-order valence-electron chi connectivity index (χ3n) is 2.24. The van der Waals surface area contributed by atoms with E-state index in [9.17, 15) is 0 Å². The normalized spacial score (nSPS) is 13.0. The molecular formula is C11H20N2OS. The highest BCUT2D eigenvalue weighted by Crippen LogP contribution is 2.25. The van der Waals surface area contributed by atoms with Crippen LogP contribution in [0.5, 0.6) is 0 Å². The van der Waals surface area contributed by atoms with Crippen molar-refractivity contribution in [2.75, 3.05) is 13.7 Å². The molecule has 1 atom stereocenters. The molecule has 1 aromatic rings. The smallest absolute Gasteiger partial charge is 0.122 e. The van der Waals surface area contributed by atoms with Crippen LogP contribution in [0.15, 0.2) is 5.38 Å². The number of methoxy groups -OCH3 is 1. The van der Waals surface area contributed by atoms with Gasteiger partial charge in [0.15, 0.2) is 0 Å². The van der Waals surface area contributed by atoms with Crippen LogP contribution in [0.3, 0.4) is 0 Å². The first-order valence-electron chi connectivity index (χ1n) is 5.49. The minimum absolute atomic E-state index is 0.176. The Bertz CT molecular complexity index is 275. The summed E-state index contributed by atoms with van der Waals surface area (Å²) < 4.78 is 5.42. The average Bonchev–Trinajstić information content (AvgIpc) is 2.71. The van der Waals surface area contributed by atoms with Gasteiger partial charge in [-0.1, -0.05) is 20.3 Å². The highest BCUT2D eigenvalue weighted by Gasteiger charge is 2.13. The molecule has 0 amide bonds. The number of ether oxygens (including phenoxy) is 1. The summed E-state index contributed by atoms with van der Waals surface area (Å²) in [6.07, 6.45) is 2.35. The Labute approximate surface area is 95.9 Å². The lowest BCUT2D eigenvalue weighted by atomic mass is 10.2. The van der Waals surface area contributed by atoms with Crippen LogP contribution in [-0.2, 0) is 11.3 Å². The van der Waals surface area contributed by atoms with Crippen LogP contribution in [0, 0.1) is 0 Å². The largest absolute Gasteiger partial charge is 0.374 e. The topological polar surface area (TPSA) is 34.1 Å². The molecule has 0 saturated carbocycles. The summed E-state index contributed by atoms with van der Waals surface area (Å²) in [4.78, 5) is 4.57. The second kappa shape index (κ2) is 6.93. The molecule has 0 aliphatic rings. The van der Waals surface area contributed by atoms with Gasteiger partial charge in [-0.25, -0.2) is 4.98 Å². The Morgan fingerprint density at radius 2 is 2.33 bits per heavy atom. The van der Waals surface area contributed by atoms with Crippen molar-refractivity contribution < 1.29 is 4.74 Å². The first kappa shape index (κ1) is 12.6. The minimum atomic E-state index is 0.176. The summed E-state index contributed by atoms with van der Waals surface area (Å²) in [7, 11) is 1.76. The molecule has 15 heavy (non-hydrogen) atoms. The molecule has 0 spiro atoms. The maximum absolute atomic E-state index is 5.42. The molecule has 0 aromatic carbocycles. The van der Waals surface area contributed by atoms with Gasteiger partial charge in [0.2, 0.25) is 0 Å². The lowest BCUT2D eigenvalue weighted by Gasteiger charge is -2.10. The summed E-state index contributed by atoms with van der Waals surface area (Å²) in [6, 6.07) is 0. The van der Waals surface area contributed by atoms with Gasteiger partial charge in [0.25, 0.3) is 0 Å². The fourth-order valence-electron chi connectivity index (χ4n) is 1.41. The minimum Gasteiger partial charge on any atom is -0.374 e. The maximum atomic E-state index is 5.42. The second-order valence-corrected chi connectivity index (χ2v) is 4.36. The lowest BCUT2D eigenvalue weighted by molar-refractivity contribution is 0.0946. The van der Waals surface area contributed by atoms with Gasteiger partial charge in [-0.15, -0.1) is 11.3 Å². The fourth-order valence-corrected chi connectivity index (χ4v) is 2.34. The van der Waals surface area contributed by atoms with Crippen molar-refractivity contribution in [3.05, 3.63) is 16.1 Å². The molecule has 0 radical (unpaired) electrons. The van der Waals surface area contributed by atoms with Gasteiger partial charge in [-0.2, -0.15) is 0 Å². The van der Waals surface area contributed by atoms with Crippen LogP contribution in [-0.4, -0.2) is 18.6 Å². The first-order valence-corrected chi connectivity index (χ1v) is 6.37. The zero-order chi connectivity index (χ0) is 11.1. The molecule has 1 rings (SSSR count). The standard InChI is InChI=1S/C11H20N2OS/c1-4-6-10(14-3)11-13-9(8-15-11)7-12-5-2/h8,10,12H,4-7H2,1-3H3. The van der Waals surface area contributed by atoms with E-state index in [4.69, 9.17) is 4.74 Å². The van der Waals surface area contributed by atoms with Crippen molar-refractivity contribution in [1.29, 1.82) is 0 Å². The van der Waals surface area contributed by atoms with E-state index in [-0.39, 0.29) is 6.10 Å². The van der Waals surface area contributed by atoms with Gasteiger partial charge < -0.3 is 10.1 Å². The summed E-state index contributed by atoms with van der Waals surface area (Å²) in [6.45, 7) is 6.10. The molecule has 0 aliphatic carbocycles. The number of hydrogen-bond acceptors (Lipinski definition) is 4. The lowest BCUT2D eigenvalue weighted by Crippen LogP contribution is -2.12. The second-order valence-electron chi connectivity index (χ2n) is 3.47. The molecule has 0 saturated heterocycles. The van der Waals surface area contributed by atoms with E-state index >= 15 is 0 Å². The van der Waals surface area contributed by atoms with E-state index in [1.807, 2.05) is 0 Å². The zero-order valence-corrected chi connectivity index (χ0v) is 10.6. The van der Waals surface area contributed by atoms with Crippen molar-refractivity contribution in [2.45, 2.75) is 39.3 Å². The summed E-state index contributed by atoms with van der Waals surface area (Å²) in [5.41, 5.74) is 1.12. The van der Waals surface area contributed by atoms with Gasteiger partial charge >= 0.3 is 0 Å². The zero-order valence-electron chi connectivity index (χ0n) is 9.75. The van der Waals surface area contributed by atoms with Crippen molar-refractivity contribution in [3.8, 4) is 0 Å². The predicted octanol–water partition coefficient (Wildman–Crippen LogP) is 2.74. The third kappa shape index (κ3) is 3.89. The molecular weight excluding hydrogens is 208 g/mol. The van der Waals surface area contributed by atoms with Gasteiger partial charge in [-0.05, 0) is 13.0 Å². The van der Waals surface area contributed by atoms with Crippen molar-refractivity contribution >= 4 is 11.3 Å². The predicted molar refractivity (Wildman–Crippen MR) is 64.2 cm³/mol. The average molecular weight is 228 g/mol. The number of thiazole rings is 1. The molecule has 0 aliphatic heterocycles. The van der Waals surface area contributed by atoms with Crippen LogP contribution in [0.25, 0.3) is 0 Å². The Hall–Kier alpha value is -0.450. The summed E-state index contributed by atoms with van der Waals surface area (Å²) in [5, 5.41) is 6.48. The van der Waals surface area contributed by atoms with Gasteiger partial charge in [0, 0.05) is 19.0 Å². The first-order chi connectivity index (χ1) is 7.31. The van der Waals surface area contributed by atoms with E-state index in [1.165, 1.54) is 0 Å². The van der Waals surface area contributed by atoms with Crippen LogP contribution >= 0.6 is 11.3 Å². The van der Waals surface area contributed by atoms with E-state index < -0.39 is 0 Å². The number of nitrogens with one attached hydrogen (secondary N) is 1. The SMILES string of the molecule is CCCC(OC)c1nc(CNCC)cs1. The molecule has 1 unspecified atom stereocenters. The number of aromatic nitrogens is 1. The van der Waals surface area contributed by atoms with E-state index in [0.29, 0.717) is 0 Å². The Morgan fingerprint density at radius 1 is 1.53 bits per heavy atom. The molecule has 1 N–H and O–H groups in total. The molecule has 0 fully saturated rings. The van der Waals surface area contributed by atoms with Gasteiger partial charge in [-0.3, -0.25) is 0 Å². The van der Waals surface area contributed by atoms with Gasteiger partial charge in [0.05, 0.1) is 5.69 Å². The highest BCUT2D eigenvalue weighted by atomic mass is 32.1. The molecule has 3 nitrogen and oxygen atoms in total. The number of hydrogen-bond donors (Lipinski definition) is 1. The Morgan fingerprint density at radius 3 is 2.93 bits per heavy atom. The van der Waals surface area contributed by atoms with Gasteiger partial charge in [0.1, 0.15) is 11.1 Å². The summed E-state index contributed by atoms with van der Waals surface area (Å²) in [5.74, 6) is 0. The summed E-state index contributed by atoms with van der Waals surface area (Å²) >= 11 is 1.70. The Balaban J connectivity index is 2.56. The van der Waals surface area contributed by atoms with Crippen LogP contribution in [0.2, 0.25) is 0 Å². The van der Waals surface area contributed by atoms with E-state index in [1.54, 1.807) is 18.4 Å². The maximum Gasteiger partial charge on any atom is 0.122 e. The quantitative estimate of drug-likeness (QED) is 0.779. The molecule has 86 valence electrons. The molecule has 1 aromatic heterocycles. The van der Waals surface area contributed by atoms with Crippen molar-refractivity contribution in [1.82, 2.24) is 10.3 Å². The van der Waals surface area contributed by atoms with Crippen molar-refractivity contribution in [3.63, 3.8) is 0 Å². The van der Waals surface area contributed by atoms with E-state index in [0.717, 1.165) is 36.6 Å². The van der Waals surface area contributed by atoms with Crippen LogP contribution < -0.4 is 5.32 Å². The molecule has 4 heteroatoms. The molecule has 1 heterocycles. The monoisotopic (exact) mass is 228 g/mol. The van der Waals surface area contributed by atoms with E-state index in [2.05, 4.69) is 29.5 Å².